The van der Waals surface area contributed by atoms with Crippen LogP contribution in [0.2, 0.25) is 0 Å². The molecule has 1 saturated carbocycles. The summed E-state index contributed by atoms with van der Waals surface area (Å²) in [6.45, 7) is 4.33. The number of hydrogen-bond acceptors (Lipinski definition) is 2. The fourth-order valence-corrected chi connectivity index (χ4v) is 3.21. The molecule has 0 aromatic heterocycles. The minimum Gasteiger partial charge on any atom is -0.508 e. The minimum absolute atomic E-state index is 0.391. The first-order chi connectivity index (χ1) is 8.74. The Kier molecular flexibility index (Phi) is 4.65. The van der Waals surface area contributed by atoms with E-state index in [0.29, 0.717) is 11.2 Å². The first kappa shape index (κ1) is 13.4. The Morgan fingerprint density at radius 1 is 1.22 bits per heavy atom. The quantitative estimate of drug-likeness (QED) is 0.834. The van der Waals surface area contributed by atoms with Gasteiger partial charge >= 0.3 is 0 Å². The fourth-order valence-electron chi connectivity index (χ4n) is 3.21. The highest BCUT2D eigenvalue weighted by Gasteiger charge is 2.31. The topological polar surface area (TPSA) is 32.3 Å². The van der Waals surface area contributed by atoms with Crippen LogP contribution in [-0.4, -0.2) is 18.2 Å². The second-order valence-corrected chi connectivity index (χ2v) is 5.69. The van der Waals surface area contributed by atoms with E-state index in [4.69, 9.17) is 0 Å². The van der Waals surface area contributed by atoms with Crippen LogP contribution >= 0.6 is 0 Å². The minimum atomic E-state index is 0.391. The number of benzene rings is 1. The van der Waals surface area contributed by atoms with Gasteiger partial charge in [0.25, 0.3) is 0 Å². The number of rotatable bonds is 5. The van der Waals surface area contributed by atoms with Crippen molar-refractivity contribution in [2.45, 2.75) is 45.4 Å². The molecule has 1 aliphatic carbocycles. The summed E-state index contributed by atoms with van der Waals surface area (Å²) in [6, 6.07) is 7.76. The highest BCUT2D eigenvalue weighted by molar-refractivity contribution is 5.28. The first-order valence-electron chi connectivity index (χ1n) is 7.23. The lowest BCUT2D eigenvalue weighted by Crippen LogP contribution is -2.37. The predicted octanol–water partition coefficient (Wildman–Crippen LogP) is 3.49. The smallest absolute Gasteiger partial charge is 0.115 e. The molecule has 18 heavy (non-hydrogen) atoms. The lowest BCUT2D eigenvalue weighted by molar-refractivity contribution is 0.182. The average molecular weight is 247 g/mol. The molecule has 0 radical (unpaired) electrons. The van der Waals surface area contributed by atoms with Crippen molar-refractivity contribution in [1.82, 2.24) is 5.32 Å². The Hall–Kier alpha value is -1.02. The van der Waals surface area contributed by atoms with E-state index in [2.05, 4.69) is 18.3 Å². The molecular formula is C16H25NO. The van der Waals surface area contributed by atoms with Gasteiger partial charge in [-0.1, -0.05) is 38.3 Å². The van der Waals surface area contributed by atoms with Gasteiger partial charge in [-0.2, -0.15) is 0 Å². The van der Waals surface area contributed by atoms with Crippen LogP contribution in [0.5, 0.6) is 5.75 Å². The third-order valence-electron chi connectivity index (χ3n) is 4.15. The largest absolute Gasteiger partial charge is 0.508 e. The van der Waals surface area contributed by atoms with Crippen molar-refractivity contribution in [3.63, 3.8) is 0 Å². The van der Waals surface area contributed by atoms with E-state index < -0.39 is 0 Å². The van der Waals surface area contributed by atoms with Gasteiger partial charge in [0.2, 0.25) is 0 Å². The SMILES string of the molecule is CCNCC1(Cc2cccc(O)c2)CCCCC1. The number of phenols is 1. The van der Waals surface area contributed by atoms with Crippen molar-refractivity contribution in [1.29, 1.82) is 0 Å². The molecule has 100 valence electrons. The van der Waals surface area contributed by atoms with Crippen LogP contribution in [0.1, 0.15) is 44.6 Å². The van der Waals surface area contributed by atoms with Crippen molar-refractivity contribution in [3.05, 3.63) is 29.8 Å². The lowest BCUT2D eigenvalue weighted by Gasteiger charge is -2.38. The number of aromatic hydroxyl groups is 1. The molecule has 1 aromatic carbocycles. The van der Waals surface area contributed by atoms with Gasteiger partial charge < -0.3 is 10.4 Å². The van der Waals surface area contributed by atoms with Crippen LogP contribution in [0.25, 0.3) is 0 Å². The Labute approximate surface area is 110 Å². The zero-order chi connectivity index (χ0) is 12.8. The molecule has 0 aliphatic heterocycles. The number of nitrogens with one attached hydrogen (secondary N) is 1. The molecule has 1 aromatic rings. The summed E-state index contributed by atoms with van der Waals surface area (Å²) in [6.07, 6.45) is 7.81. The molecule has 2 heteroatoms. The summed E-state index contributed by atoms with van der Waals surface area (Å²) in [7, 11) is 0. The van der Waals surface area contributed by atoms with E-state index >= 15 is 0 Å². The van der Waals surface area contributed by atoms with Gasteiger partial charge in [-0.25, -0.2) is 0 Å². The van der Waals surface area contributed by atoms with Crippen molar-refractivity contribution in [3.8, 4) is 5.75 Å². The van der Waals surface area contributed by atoms with Crippen molar-refractivity contribution >= 4 is 0 Å². The van der Waals surface area contributed by atoms with Gasteiger partial charge in [0.15, 0.2) is 0 Å². The van der Waals surface area contributed by atoms with Gasteiger partial charge in [0.1, 0.15) is 5.75 Å². The standard InChI is InChI=1S/C16H25NO/c1-2-17-13-16(9-4-3-5-10-16)12-14-7-6-8-15(18)11-14/h6-8,11,17-18H,2-5,9-10,12-13H2,1H3. The molecule has 0 unspecified atom stereocenters. The van der Waals surface area contributed by atoms with E-state index in [1.54, 1.807) is 6.07 Å². The van der Waals surface area contributed by atoms with Gasteiger partial charge in [-0.05, 0) is 48.9 Å². The maximum Gasteiger partial charge on any atom is 0.115 e. The molecule has 1 aliphatic rings. The Bertz CT molecular complexity index is 369. The normalized spacial score (nSPS) is 18.7. The van der Waals surface area contributed by atoms with Gasteiger partial charge in [0.05, 0.1) is 0 Å². The van der Waals surface area contributed by atoms with E-state index in [1.165, 1.54) is 37.7 Å². The van der Waals surface area contributed by atoms with Crippen LogP contribution < -0.4 is 5.32 Å². The molecule has 2 nitrogen and oxygen atoms in total. The fraction of sp³-hybridized carbons (Fsp3) is 0.625. The summed E-state index contributed by atoms with van der Waals surface area (Å²) in [4.78, 5) is 0. The second kappa shape index (κ2) is 6.24. The number of hydrogen-bond donors (Lipinski definition) is 2. The van der Waals surface area contributed by atoms with Crippen LogP contribution in [0.3, 0.4) is 0 Å². The summed E-state index contributed by atoms with van der Waals surface area (Å²) < 4.78 is 0. The van der Waals surface area contributed by atoms with Crippen LogP contribution in [0, 0.1) is 5.41 Å². The summed E-state index contributed by atoms with van der Waals surface area (Å²) in [5, 5.41) is 13.1. The maximum atomic E-state index is 9.59. The van der Waals surface area contributed by atoms with Gasteiger partial charge in [0, 0.05) is 6.54 Å². The highest BCUT2D eigenvalue weighted by Crippen LogP contribution is 2.39. The van der Waals surface area contributed by atoms with Gasteiger partial charge in [-0.15, -0.1) is 0 Å². The molecule has 0 saturated heterocycles. The average Bonchev–Trinajstić information content (AvgIpc) is 2.38. The molecule has 1 fully saturated rings. The summed E-state index contributed by atoms with van der Waals surface area (Å²) in [5.41, 5.74) is 1.68. The van der Waals surface area contributed by atoms with E-state index in [0.717, 1.165) is 19.5 Å². The zero-order valence-electron chi connectivity index (χ0n) is 11.4. The van der Waals surface area contributed by atoms with Crippen LogP contribution in [-0.2, 0) is 6.42 Å². The molecule has 0 bridgehead atoms. The molecule has 0 amide bonds. The zero-order valence-corrected chi connectivity index (χ0v) is 11.4. The van der Waals surface area contributed by atoms with Crippen molar-refractivity contribution < 1.29 is 5.11 Å². The predicted molar refractivity (Wildman–Crippen MR) is 75.9 cm³/mol. The highest BCUT2D eigenvalue weighted by atomic mass is 16.3. The maximum absolute atomic E-state index is 9.59. The third-order valence-corrected chi connectivity index (χ3v) is 4.15. The van der Waals surface area contributed by atoms with E-state index in [-0.39, 0.29) is 0 Å². The third kappa shape index (κ3) is 3.49. The van der Waals surface area contributed by atoms with Crippen LogP contribution in [0.15, 0.2) is 24.3 Å². The Balaban J connectivity index is 2.08. The monoisotopic (exact) mass is 247 g/mol. The van der Waals surface area contributed by atoms with Crippen LogP contribution in [0.4, 0.5) is 0 Å². The van der Waals surface area contributed by atoms with E-state index in [9.17, 15) is 5.11 Å². The molecule has 0 heterocycles. The van der Waals surface area contributed by atoms with Crippen molar-refractivity contribution in [2.75, 3.05) is 13.1 Å². The van der Waals surface area contributed by atoms with E-state index in [1.807, 2.05) is 12.1 Å². The first-order valence-corrected chi connectivity index (χ1v) is 7.23. The number of phenolic OH excluding ortho intramolecular Hbond substituents is 1. The summed E-state index contributed by atoms with van der Waals surface area (Å²) >= 11 is 0. The molecule has 0 atom stereocenters. The Morgan fingerprint density at radius 3 is 2.67 bits per heavy atom. The molecule has 2 rings (SSSR count). The molecule has 0 spiro atoms. The van der Waals surface area contributed by atoms with Crippen molar-refractivity contribution in [2.24, 2.45) is 5.41 Å². The molecule has 2 N–H and O–H groups in total. The summed E-state index contributed by atoms with van der Waals surface area (Å²) in [5.74, 6) is 0.391. The second-order valence-electron chi connectivity index (χ2n) is 5.69. The lowest BCUT2D eigenvalue weighted by atomic mass is 9.70. The molecular weight excluding hydrogens is 222 g/mol. The Morgan fingerprint density at radius 2 is 2.00 bits per heavy atom. The van der Waals surface area contributed by atoms with Gasteiger partial charge in [-0.3, -0.25) is 0 Å².